The molecule has 0 radical (unpaired) electrons. The SMILES string of the molecule is CCN(C(=O)CSc1nncn1C)c1cccc2ccccc12.Cl. The lowest BCUT2D eigenvalue weighted by Crippen LogP contribution is -2.32. The maximum absolute atomic E-state index is 12.7. The fraction of sp³-hybridized carbons (Fsp3) is 0.235. The number of carbonyl (C=O) groups is 1. The van der Waals surface area contributed by atoms with E-state index in [0.717, 1.165) is 21.6 Å². The molecular weight excluding hydrogens is 344 g/mol. The van der Waals surface area contributed by atoms with Crippen molar-refractivity contribution in [1.29, 1.82) is 0 Å². The van der Waals surface area contributed by atoms with Crippen molar-refractivity contribution in [2.45, 2.75) is 12.1 Å². The number of aromatic nitrogens is 3. The van der Waals surface area contributed by atoms with E-state index in [1.54, 1.807) is 6.33 Å². The van der Waals surface area contributed by atoms with Gasteiger partial charge in [-0.2, -0.15) is 0 Å². The second kappa shape index (κ2) is 8.17. The zero-order valence-electron chi connectivity index (χ0n) is 13.5. The van der Waals surface area contributed by atoms with Crippen molar-refractivity contribution >= 4 is 46.5 Å². The van der Waals surface area contributed by atoms with Crippen molar-refractivity contribution in [1.82, 2.24) is 14.8 Å². The van der Waals surface area contributed by atoms with Crippen LogP contribution >= 0.6 is 24.2 Å². The number of amides is 1. The molecule has 2 aromatic carbocycles. The van der Waals surface area contributed by atoms with Gasteiger partial charge >= 0.3 is 0 Å². The van der Waals surface area contributed by atoms with Crippen molar-refractivity contribution in [2.75, 3.05) is 17.2 Å². The molecule has 0 N–H and O–H groups in total. The van der Waals surface area contributed by atoms with Gasteiger partial charge in [-0.15, -0.1) is 22.6 Å². The third-order valence-electron chi connectivity index (χ3n) is 3.67. The van der Waals surface area contributed by atoms with Gasteiger partial charge in [-0.1, -0.05) is 48.2 Å². The third-order valence-corrected chi connectivity index (χ3v) is 4.69. The van der Waals surface area contributed by atoms with Gasteiger partial charge in [0.25, 0.3) is 0 Å². The number of aryl methyl sites for hydroxylation is 1. The molecule has 7 heteroatoms. The summed E-state index contributed by atoms with van der Waals surface area (Å²) >= 11 is 1.40. The van der Waals surface area contributed by atoms with Crippen LogP contribution in [0.2, 0.25) is 0 Å². The van der Waals surface area contributed by atoms with Gasteiger partial charge < -0.3 is 9.47 Å². The average Bonchev–Trinajstić information content (AvgIpc) is 2.99. The standard InChI is InChI=1S/C17H18N4OS.ClH/c1-3-21(16(22)11-23-17-19-18-12-20(17)2)15-10-6-8-13-7-4-5-9-14(13)15;/h4-10,12H,3,11H2,1-2H3;1H. The van der Waals surface area contributed by atoms with Crippen LogP contribution in [0.3, 0.4) is 0 Å². The first kappa shape index (κ1) is 18.3. The molecule has 0 spiro atoms. The smallest absolute Gasteiger partial charge is 0.237 e. The van der Waals surface area contributed by atoms with E-state index in [9.17, 15) is 4.79 Å². The molecule has 5 nitrogen and oxygen atoms in total. The highest BCUT2D eigenvalue weighted by molar-refractivity contribution is 7.99. The summed E-state index contributed by atoms with van der Waals surface area (Å²) in [6.07, 6.45) is 1.63. The van der Waals surface area contributed by atoms with Crippen LogP contribution in [0, 0.1) is 0 Å². The van der Waals surface area contributed by atoms with Gasteiger partial charge in [-0.25, -0.2) is 0 Å². The third kappa shape index (κ3) is 3.71. The quantitative estimate of drug-likeness (QED) is 0.651. The predicted molar refractivity (Wildman–Crippen MR) is 101 cm³/mol. The normalized spacial score (nSPS) is 10.4. The summed E-state index contributed by atoms with van der Waals surface area (Å²) in [6, 6.07) is 14.2. The summed E-state index contributed by atoms with van der Waals surface area (Å²) in [4.78, 5) is 14.5. The predicted octanol–water partition coefficient (Wildman–Crippen LogP) is 3.54. The van der Waals surface area contributed by atoms with Gasteiger partial charge in [-0.05, 0) is 18.4 Å². The number of thioether (sulfide) groups is 1. The van der Waals surface area contributed by atoms with E-state index >= 15 is 0 Å². The fourth-order valence-corrected chi connectivity index (χ4v) is 3.30. The number of nitrogens with zero attached hydrogens (tertiary/aromatic N) is 4. The molecule has 1 heterocycles. The van der Waals surface area contributed by atoms with E-state index in [1.165, 1.54) is 11.8 Å². The minimum absolute atomic E-state index is 0. The summed E-state index contributed by atoms with van der Waals surface area (Å²) in [5.41, 5.74) is 0.953. The Morgan fingerprint density at radius 1 is 1.21 bits per heavy atom. The molecule has 1 aromatic heterocycles. The van der Waals surface area contributed by atoms with Crippen LogP contribution in [0.15, 0.2) is 53.9 Å². The molecule has 0 aliphatic carbocycles. The van der Waals surface area contributed by atoms with Gasteiger partial charge in [0.2, 0.25) is 5.91 Å². The Kier molecular flexibility index (Phi) is 6.23. The summed E-state index contributed by atoms with van der Waals surface area (Å²) < 4.78 is 1.81. The highest BCUT2D eigenvalue weighted by atomic mass is 35.5. The second-order valence-electron chi connectivity index (χ2n) is 5.15. The highest BCUT2D eigenvalue weighted by Crippen LogP contribution is 2.27. The minimum atomic E-state index is 0. The van der Waals surface area contributed by atoms with Crippen molar-refractivity contribution in [2.24, 2.45) is 7.05 Å². The van der Waals surface area contributed by atoms with Crippen LogP contribution in [0.25, 0.3) is 10.8 Å². The Balaban J connectivity index is 0.00000208. The number of carbonyl (C=O) groups excluding carboxylic acids is 1. The molecule has 0 saturated heterocycles. The summed E-state index contributed by atoms with van der Waals surface area (Å²) in [6.45, 7) is 2.62. The number of hydrogen-bond donors (Lipinski definition) is 0. The van der Waals surface area contributed by atoms with Crippen LogP contribution in [0.4, 0.5) is 5.69 Å². The molecule has 0 atom stereocenters. The molecule has 0 saturated carbocycles. The number of anilines is 1. The summed E-state index contributed by atoms with van der Waals surface area (Å²) in [5, 5.41) is 10.8. The van der Waals surface area contributed by atoms with E-state index in [2.05, 4.69) is 28.4 Å². The van der Waals surface area contributed by atoms with Gasteiger partial charge in [0, 0.05) is 19.0 Å². The minimum Gasteiger partial charge on any atom is -0.312 e. The van der Waals surface area contributed by atoms with Gasteiger partial charge in [0.05, 0.1) is 11.4 Å². The zero-order chi connectivity index (χ0) is 16.2. The maximum Gasteiger partial charge on any atom is 0.237 e. The Morgan fingerprint density at radius 2 is 1.96 bits per heavy atom. The van der Waals surface area contributed by atoms with Crippen LogP contribution in [-0.2, 0) is 11.8 Å². The molecule has 0 fully saturated rings. The molecule has 0 bridgehead atoms. The van der Waals surface area contributed by atoms with Gasteiger partial charge in [-0.3, -0.25) is 4.79 Å². The first-order chi connectivity index (χ1) is 11.2. The number of halogens is 1. The number of hydrogen-bond acceptors (Lipinski definition) is 4. The lowest BCUT2D eigenvalue weighted by atomic mass is 10.1. The van der Waals surface area contributed by atoms with Crippen molar-refractivity contribution < 1.29 is 4.79 Å². The van der Waals surface area contributed by atoms with Gasteiger partial charge in [0.1, 0.15) is 6.33 Å². The molecule has 3 aromatic rings. The summed E-state index contributed by atoms with van der Waals surface area (Å²) in [7, 11) is 1.87. The Morgan fingerprint density at radius 3 is 2.67 bits per heavy atom. The van der Waals surface area contributed by atoms with Crippen molar-refractivity contribution in [3.8, 4) is 0 Å². The zero-order valence-corrected chi connectivity index (χ0v) is 15.2. The van der Waals surface area contributed by atoms with Crippen LogP contribution in [0.5, 0.6) is 0 Å². The molecule has 126 valence electrons. The number of rotatable bonds is 5. The number of benzene rings is 2. The Labute approximate surface area is 151 Å². The fourth-order valence-electron chi connectivity index (χ4n) is 2.53. The van der Waals surface area contributed by atoms with E-state index in [1.807, 2.05) is 47.7 Å². The average molecular weight is 363 g/mol. The number of fused-ring (bicyclic) bond motifs is 1. The van der Waals surface area contributed by atoms with Crippen molar-refractivity contribution in [3.63, 3.8) is 0 Å². The molecule has 0 aliphatic rings. The first-order valence-electron chi connectivity index (χ1n) is 7.45. The van der Waals surface area contributed by atoms with Crippen LogP contribution in [-0.4, -0.2) is 33.0 Å². The first-order valence-corrected chi connectivity index (χ1v) is 8.44. The lowest BCUT2D eigenvalue weighted by Gasteiger charge is -2.22. The van der Waals surface area contributed by atoms with Gasteiger partial charge in [0.15, 0.2) is 5.16 Å². The van der Waals surface area contributed by atoms with Crippen LogP contribution in [0.1, 0.15) is 6.92 Å². The Bertz CT molecular complexity index is 831. The lowest BCUT2D eigenvalue weighted by molar-refractivity contribution is -0.116. The summed E-state index contributed by atoms with van der Waals surface area (Å²) in [5.74, 6) is 0.403. The van der Waals surface area contributed by atoms with Crippen molar-refractivity contribution in [3.05, 3.63) is 48.8 Å². The van der Waals surface area contributed by atoms with E-state index < -0.39 is 0 Å². The molecular formula is C17H19ClN4OS. The largest absolute Gasteiger partial charge is 0.312 e. The molecule has 1 amide bonds. The molecule has 0 aliphatic heterocycles. The van der Waals surface area contributed by atoms with E-state index in [4.69, 9.17) is 0 Å². The Hall–Kier alpha value is -2.05. The van der Waals surface area contributed by atoms with Crippen LogP contribution < -0.4 is 4.90 Å². The van der Waals surface area contributed by atoms with E-state index in [-0.39, 0.29) is 18.3 Å². The molecule has 3 rings (SSSR count). The maximum atomic E-state index is 12.7. The molecule has 0 unspecified atom stereocenters. The molecule has 24 heavy (non-hydrogen) atoms. The monoisotopic (exact) mass is 362 g/mol. The topological polar surface area (TPSA) is 51.0 Å². The second-order valence-corrected chi connectivity index (χ2v) is 6.09. The van der Waals surface area contributed by atoms with E-state index in [0.29, 0.717) is 12.3 Å². The highest BCUT2D eigenvalue weighted by Gasteiger charge is 2.17.